The van der Waals surface area contributed by atoms with Gasteiger partial charge in [0.1, 0.15) is 0 Å². The van der Waals surface area contributed by atoms with Crippen LogP contribution in [0.25, 0.3) is 0 Å². The smallest absolute Gasteiger partial charge is 0.224 e. The zero-order valence-corrected chi connectivity index (χ0v) is 20.2. The third kappa shape index (κ3) is 10.3. The van der Waals surface area contributed by atoms with Crippen LogP contribution in [0.4, 0.5) is 0 Å². The Morgan fingerprint density at radius 2 is 1.93 bits per heavy atom. The molecule has 6 nitrogen and oxygen atoms in total. The van der Waals surface area contributed by atoms with Crippen LogP contribution in [0.5, 0.6) is 0 Å². The number of rotatable bonds is 9. The van der Waals surface area contributed by atoms with Crippen LogP contribution in [0.15, 0.2) is 4.99 Å². The second-order valence-electron chi connectivity index (χ2n) is 8.01. The number of hydrogen-bond donors (Lipinski definition) is 2. The Morgan fingerprint density at radius 1 is 1.14 bits per heavy atom. The summed E-state index contributed by atoms with van der Waals surface area (Å²) in [5.74, 6) is 1.69. The Balaban J connectivity index is 0.00000392. The summed E-state index contributed by atoms with van der Waals surface area (Å²) in [6.45, 7) is 9.11. The van der Waals surface area contributed by atoms with E-state index in [4.69, 9.17) is 4.74 Å². The first-order valence-electron chi connectivity index (χ1n) is 11.1. The second-order valence-corrected chi connectivity index (χ2v) is 8.01. The van der Waals surface area contributed by atoms with E-state index in [2.05, 4.69) is 29.5 Å². The normalized spacial score (nSPS) is 21.1. The van der Waals surface area contributed by atoms with Gasteiger partial charge in [0.05, 0.1) is 6.10 Å². The zero-order chi connectivity index (χ0) is 19.3. The lowest BCUT2D eigenvalue weighted by Gasteiger charge is -2.31. The quantitative estimate of drug-likeness (QED) is 0.217. The van der Waals surface area contributed by atoms with Crippen LogP contribution in [0, 0.1) is 5.92 Å². The van der Waals surface area contributed by atoms with Crippen molar-refractivity contribution in [3.63, 3.8) is 0 Å². The van der Waals surface area contributed by atoms with Gasteiger partial charge in [0.2, 0.25) is 5.91 Å². The fourth-order valence-electron chi connectivity index (χ4n) is 3.94. The molecule has 0 bridgehead atoms. The number of halogens is 1. The van der Waals surface area contributed by atoms with Crippen molar-refractivity contribution in [2.45, 2.75) is 77.7 Å². The SMILES string of the molecule is CCNC(=NCCCOC1CCCCC1)NCCC(=O)N1CCCC(C)C1.I. The number of guanidine groups is 1. The van der Waals surface area contributed by atoms with Gasteiger partial charge in [0, 0.05) is 45.8 Å². The minimum Gasteiger partial charge on any atom is -0.378 e. The Morgan fingerprint density at radius 3 is 2.64 bits per heavy atom. The summed E-state index contributed by atoms with van der Waals surface area (Å²) in [5, 5.41) is 6.55. The van der Waals surface area contributed by atoms with Gasteiger partial charge in [-0.1, -0.05) is 26.2 Å². The largest absolute Gasteiger partial charge is 0.378 e. The van der Waals surface area contributed by atoms with Crippen LogP contribution in [-0.4, -0.2) is 62.2 Å². The van der Waals surface area contributed by atoms with E-state index in [1.165, 1.54) is 38.5 Å². The summed E-state index contributed by atoms with van der Waals surface area (Å²) >= 11 is 0. The maximum absolute atomic E-state index is 12.3. The van der Waals surface area contributed by atoms with Gasteiger partial charge in [-0.05, 0) is 44.9 Å². The molecule has 0 radical (unpaired) electrons. The number of aliphatic imine (C=N–C) groups is 1. The monoisotopic (exact) mass is 508 g/mol. The summed E-state index contributed by atoms with van der Waals surface area (Å²) in [5.41, 5.74) is 0. The number of carbonyl (C=O) groups excluding carboxylic acids is 1. The minimum atomic E-state index is 0. The van der Waals surface area contributed by atoms with Crippen molar-refractivity contribution >= 4 is 35.8 Å². The van der Waals surface area contributed by atoms with Crippen LogP contribution in [0.1, 0.15) is 71.6 Å². The second kappa shape index (κ2) is 15.3. The molecule has 2 rings (SSSR count). The van der Waals surface area contributed by atoms with Crippen LogP contribution in [0.2, 0.25) is 0 Å². The summed E-state index contributed by atoms with van der Waals surface area (Å²) < 4.78 is 5.95. The van der Waals surface area contributed by atoms with Crippen LogP contribution < -0.4 is 10.6 Å². The van der Waals surface area contributed by atoms with Crippen LogP contribution >= 0.6 is 24.0 Å². The molecule has 164 valence electrons. The molecule has 1 aliphatic heterocycles. The van der Waals surface area contributed by atoms with E-state index in [1.807, 2.05) is 4.90 Å². The Bertz CT molecular complexity index is 456. The van der Waals surface area contributed by atoms with Crippen molar-refractivity contribution in [2.24, 2.45) is 10.9 Å². The first-order chi connectivity index (χ1) is 13.2. The van der Waals surface area contributed by atoms with Crippen molar-refractivity contribution in [2.75, 3.05) is 39.3 Å². The molecule has 1 saturated carbocycles. The fraction of sp³-hybridized carbons (Fsp3) is 0.905. The third-order valence-corrected chi connectivity index (χ3v) is 5.46. The van der Waals surface area contributed by atoms with Gasteiger partial charge < -0.3 is 20.3 Å². The number of nitrogens with one attached hydrogen (secondary N) is 2. The lowest BCUT2D eigenvalue weighted by molar-refractivity contribution is -0.132. The molecule has 2 aliphatic rings. The standard InChI is InChI=1S/C21H40N4O2.HI/c1-3-22-21(23-13-8-16-27-19-10-5-4-6-11-19)24-14-12-20(26)25-15-7-9-18(2)17-25;/h18-19H,3-17H2,1-2H3,(H2,22,23,24);1H. The summed E-state index contributed by atoms with van der Waals surface area (Å²) in [4.78, 5) is 19.0. The van der Waals surface area contributed by atoms with Gasteiger partial charge in [0.15, 0.2) is 5.96 Å². The highest BCUT2D eigenvalue weighted by atomic mass is 127. The molecule has 0 aromatic heterocycles. The molecule has 1 unspecified atom stereocenters. The lowest BCUT2D eigenvalue weighted by atomic mass is 9.98. The van der Waals surface area contributed by atoms with Crippen molar-refractivity contribution < 1.29 is 9.53 Å². The predicted octanol–water partition coefficient (Wildman–Crippen LogP) is 3.55. The molecule has 7 heteroatoms. The number of carbonyl (C=O) groups is 1. The molecule has 28 heavy (non-hydrogen) atoms. The van der Waals surface area contributed by atoms with Gasteiger partial charge in [-0.3, -0.25) is 9.79 Å². The first-order valence-corrected chi connectivity index (χ1v) is 11.1. The molecule has 1 amide bonds. The van der Waals surface area contributed by atoms with Crippen molar-refractivity contribution in [3.8, 4) is 0 Å². The highest BCUT2D eigenvalue weighted by molar-refractivity contribution is 14.0. The summed E-state index contributed by atoms with van der Waals surface area (Å²) in [6, 6.07) is 0. The summed E-state index contributed by atoms with van der Waals surface area (Å²) in [6.07, 6.45) is 10.7. The molecule has 1 heterocycles. The highest BCUT2D eigenvalue weighted by Crippen LogP contribution is 2.20. The Labute approximate surface area is 188 Å². The molecule has 2 N–H and O–H groups in total. The number of nitrogens with zero attached hydrogens (tertiary/aromatic N) is 2. The first kappa shape index (κ1) is 25.5. The molecule has 1 atom stereocenters. The number of ether oxygens (including phenoxy) is 1. The number of amides is 1. The van der Waals surface area contributed by atoms with E-state index < -0.39 is 0 Å². The van der Waals surface area contributed by atoms with E-state index in [9.17, 15) is 4.79 Å². The molecular weight excluding hydrogens is 467 g/mol. The number of likely N-dealkylation sites (tertiary alicyclic amines) is 1. The maximum atomic E-state index is 12.3. The van der Waals surface area contributed by atoms with Crippen molar-refractivity contribution in [1.29, 1.82) is 0 Å². The zero-order valence-electron chi connectivity index (χ0n) is 17.9. The maximum Gasteiger partial charge on any atom is 0.224 e. The molecule has 0 spiro atoms. The minimum absolute atomic E-state index is 0. The van der Waals surface area contributed by atoms with E-state index in [1.54, 1.807) is 0 Å². The molecule has 0 aromatic rings. The van der Waals surface area contributed by atoms with Crippen LogP contribution in [0.3, 0.4) is 0 Å². The molecular formula is C21H41IN4O2. The topological polar surface area (TPSA) is 66.0 Å². The van der Waals surface area contributed by atoms with Gasteiger partial charge >= 0.3 is 0 Å². The molecule has 2 fully saturated rings. The highest BCUT2D eigenvalue weighted by Gasteiger charge is 2.20. The van der Waals surface area contributed by atoms with Gasteiger partial charge in [-0.15, -0.1) is 24.0 Å². The van der Waals surface area contributed by atoms with E-state index in [-0.39, 0.29) is 29.9 Å². The number of piperidine rings is 1. The fourth-order valence-corrected chi connectivity index (χ4v) is 3.94. The van der Waals surface area contributed by atoms with Crippen molar-refractivity contribution in [3.05, 3.63) is 0 Å². The Kier molecular flexibility index (Phi) is 13.9. The van der Waals surface area contributed by atoms with Gasteiger partial charge in [-0.25, -0.2) is 0 Å². The molecule has 1 aliphatic carbocycles. The van der Waals surface area contributed by atoms with Crippen LogP contribution in [-0.2, 0) is 9.53 Å². The van der Waals surface area contributed by atoms with Crippen molar-refractivity contribution in [1.82, 2.24) is 15.5 Å². The van der Waals surface area contributed by atoms with E-state index >= 15 is 0 Å². The Hall–Kier alpha value is -0.570. The molecule has 0 aromatic carbocycles. The van der Waals surface area contributed by atoms with Gasteiger partial charge in [0.25, 0.3) is 0 Å². The lowest BCUT2D eigenvalue weighted by Crippen LogP contribution is -2.42. The predicted molar refractivity (Wildman–Crippen MR) is 126 cm³/mol. The van der Waals surface area contributed by atoms with E-state index in [0.717, 1.165) is 51.6 Å². The average Bonchev–Trinajstić information content (AvgIpc) is 2.68. The average molecular weight is 508 g/mol. The summed E-state index contributed by atoms with van der Waals surface area (Å²) in [7, 11) is 0. The van der Waals surface area contributed by atoms with Gasteiger partial charge in [-0.2, -0.15) is 0 Å². The van der Waals surface area contributed by atoms with E-state index in [0.29, 0.717) is 25.0 Å². The number of hydrogen-bond acceptors (Lipinski definition) is 3. The molecule has 1 saturated heterocycles. The third-order valence-electron chi connectivity index (χ3n) is 5.46.